The zero-order valence-electron chi connectivity index (χ0n) is 18.9. The number of Topliss-reactive ketones (excluding diaryl/α,β-unsaturated/α-hetero) is 1. The summed E-state index contributed by atoms with van der Waals surface area (Å²) < 4.78 is 5.78. The second-order valence-electron chi connectivity index (χ2n) is 8.19. The summed E-state index contributed by atoms with van der Waals surface area (Å²) in [5.41, 5.74) is 1.13. The van der Waals surface area contributed by atoms with Gasteiger partial charge in [0, 0.05) is 12.5 Å². The number of piperidine rings is 1. The molecule has 2 N–H and O–H groups in total. The number of rotatable bonds is 11. The summed E-state index contributed by atoms with van der Waals surface area (Å²) in [6.07, 6.45) is 8.71. The van der Waals surface area contributed by atoms with Crippen LogP contribution < -0.4 is 0 Å². The van der Waals surface area contributed by atoms with Gasteiger partial charge in [-0.2, -0.15) is 0 Å². The van der Waals surface area contributed by atoms with Crippen molar-refractivity contribution in [1.82, 2.24) is 4.90 Å². The van der Waals surface area contributed by atoms with Gasteiger partial charge in [-0.05, 0) is 59.3 Å². The molecule has 1 amide bonds. The Bertz CT molecular complexity index is 671. The molecule has 0 aromatic rings. The standard InChI is InChI=1S/C23H37NO6/c1-6-8-11-16(3)13-14-18(5)30-23(29,17(4)7-2)20(25)21(26)24-15-10-9-12-19(24)22(27)28/h6,8,11,17-19,29H,7,9-10,12-15H2,1-5H3,(H,27,28)/b8-6+,16-11+/t17-,18+,19+,23-/m1/s1. The summed E-state index contributed by atoms with van der Waals surface area (Å²) in [6.45, 7) is 9.32. The Balaban J connectivity index is 2.98. The Morgan fingerprint density at radius 2 is 1.93 bits per heavy atom. The van der Waals surface area contributed by atoms with Crippen molar-refractivity contribution in [2.75, 3.05) is 6.54 Å². The van der Waals surface area contributed by atoms with Crippen LogP contribution in [0.15, 0.2) is 23.8 Å². The molecular weight excluding hydrogens is 386 g/mol. The number of allylic oxidation sites excluding steroid dienone is 4. The quantitative estimate of drug-likeness (QED) is 0.300. The van der Waals surface area contributed by atoms with E-state index in [1.54, 1.807) is 20.8 Å². The van der Waals surface area contributed by atoms with Crippen molar-refractivity contribution in [3.63, 3.8) is 0 Å². The largest absolute Gasteiger partial charge is 0.480 e. The Labute approximate surface area is 179 Å². The monoisotopic (exact) mass is 423 g/mol. The Kier molecular flexibility index (Phi) is 10.4. The third kappa shape index (κ3) is 6.77. The van der Waals surface area contributed by atoms with Crippen LogP contribution in [0.1, 0.15) is 73.1 Å². The van der Waals surface area contributed by atoms with E-state index in [4.69, 9.17) is 4.74 Å². The third-order valence-corrected chi connectivity index (χ3v) is 5.75. The lowest BCUT2D eigenvalue weighted by molar-refractivity contribution is -0.243. The predicted molar refractivity (Wildman–Crippen MR) is 115 cm³/mol. The van der Waals surface area contributed by atoms with Gasteiger partial charge in [-0.15, -0.1) is 0 Å². The number of likely N-dealkylation sites (tertiary alicyclic amines) is 1. The summed E-state index contributed by atoms with van der Waals surface area (Å²) in [6, 6.07) is -1.05. The molecule has 0 unspecified atom stereocenters. The first kappa shape index (κ1) is 26.0. The first-order valence-corrected chi connectivity index (χ1v) is 10.8. The Hall–Kier alpha value is -1.99. The molecule has 1 rings (SSSR count). The van der Waals surface area contributed by atoms with Crippen molar-refractivity contribution in [2.24, 2.45) is 5.92 Å². The number of aliphatic carboxylic acids is 1. The molecule has 1 saturated heterocycles. The molecule has 7 nitrogen and oxygen atoms in total. The zero-order chi connectivity index (χ0) is 22.9. The molecule has 30 heavy (non-hydrogen) atoms. The Morgan fingerprint density at radius 1 is 1.27 bits per heavy atom. The fourth-order valence-electron chi connectivity index (χ4n) is 3.53. The molecule has 1 heterocycles. The molecule has 1 aliphatic rings. The summed E-state index contributed by atoms with van der Waals surface area (Å²) in [5.74, 6) is -6.11. The minimum Gasteiger partial charge on any atom is -0.480 e. The highest BCUT2D eigenvalue weighted by molar-refractivity contribution is 6.39. The maximum atomic E-state index is 13.1. The van der Waals surface area contributed by atoms with Gasteiger partial charge in [-0.25, -0.2) is 4.79 Å². The van der Waals surface area contributed by atoms with Gasteiger partial charge < -0.3 is 19.8 Å². The van der Waals surface area contributed by atoms with Gasteiger partial charge in [-0.1, -0.05) is 37.6 Å². The van der Waals surface area contributed by atoms with Gasteiger partial charge in [0.1, 0.15) is 6.04 Å². The second-order valence-corrected chi connectivity index (χ2v) is 8.19. The van der Waals surface area contributed by atoms with Crippen molar-refractivity contribution >= 4 is 17.7 Å². The van der Waals surface area contributed by atoms with E-state index in [2.05, 4.69) is 0 Å². The van der Waals surface area contributed by atoms with Crippen LogP contribution in [0, 0.1) is 5.92 Å². The minimum atomic E-state index is -2.29. The molecule has 0 aliphatic carbocycles. The fourth-order valence-corrected chi connectivity index (χ4v) is 3.53. The normalized spacial score (nSPS) is 21.9. The average molecular weight is 424 g/mol. The van der Waals surface area contributed by atoms with E-state index in [0.717, 1.165) is 16.9 Å². The van der Waals surface area contributed by atoms with Crippen LogP contribution in [0.4, 0.5) is 0 Å². The van der Waals surface area contributed by atoms with E-state index in [1.165, 1.54) is 0 Å². The highest BCUT2D eigenvalue weighted by atomic mass is 16.6. The lowest BCUT2D eigenvalue weighted by Crippen LogP contribution is -2.59. The maximum Gasteiger partial charge on any atom is 0.326 e. The van der Waals surface area contributed by atoms with E-state index < -0.39 is 41.5 Å². The Morgan fingerprint density at radius 3 is 2.50 bits per heavy atom. The van der Waals surface area contributed by atoms with Crippen LogP contribution in [0.3, 0.4) is 0 Å². The van der Waals surface area contributed by atoms with Gasteiger partial charge in [-0.3, -0.25) is 9.59 Å². The van der Waals surface area contributed by atoms with Crippen LogP contribution in [0.25, 0.3) is 0 Å². The molecule has 1 aliphatic heterocycles. The van der Waals surface area contributed by atoms with E-state index in [1.807, 2.05) is 32.1 Å². The summed E-state index contributed by atoms with van der Waals surface area (Å²) in [5, 5.41) is 20.6. The van der Waals surface area contributed by atoms with Crippen molar-refractivity contribution in [3.8, 4) is 0 Å². The summed E-state index contributed by atoms with van der Waals surface area (Å²) >= 11 is 0. The van der Waals surface area contributed by atoms with Crippen molar-refractivity contribution < 1.29 is 29.3 Å². The number of carbonyl (C=O) groups is 3. The van der Waals surface area contributed by atoms with E-state index in [-0.39, 0.29) is 6.54 Å². The van der Waals surface area contributed by atoms with Crippen LogP contribution in [0.2, 0.25) is 0 Å². The molecule has 170 valence electrons. The smallest absolute Gasteiger partial charge is 0.326 e. The fraction of sp³-hybridized carbons (Fsp3) is 0.696. The van der Waals surface area contributed by atoms with Gasteiger partial charge >= 0.3 is 5.97 Å². The first-order valence-electron chi connectivity index (χ1n) is 10.8. The zero-order valence-corrected chi connectivity index (χ0v) is 18.9. The SMILES string of the molecule is C/C=C/C=C(\C)CC[C@H](C)O[C@@](O)(C(=O)C(=O)N1CCCC[C@H]1C(=O)O)[C@H](C)CC. The number of carboxylic acids is 1. The number of carbonyl (C=O) groups excluding carboxylic acids is 2. The topological polar surface area (TPSA) is 104 Å². The molecule has 0 aromatic heterocycles. The summed E-state index contributed by atoms with van der Waals surface area (Å²) in [7, 11) is 0. The van der Waals surface area contributed by atoms with Crippen LogP contribution in [-0.4, -0.2) is 57.3 Å². The van der Waals surface area contributed by atoms with Gasteiger partial charge in [0.25, 0.3) is 11.7 Å². The molecule has 0 spiro atoms. The molecule has 7 heteroatoms. The number of hydrogen-bond acceptors (Lipinski definition) is 5. The number of carboxylic acid groups (broad SMARTS) is 1. The summed E-state index contributed by atoms with van der Waals surface area (Å²) in [4.78, 5) is 38.6. The molecule has 4 atom stereocenters. The van der Waals surface area contributed by atoms with Crippen molar-refractivity contribution in [1.29, 1.82) is 0 Å². The van der Waals surface area contributed by atoms with E-state index >= 15 is 0 Å². The lowest BCUT2D eigenvalue weighted by atomic mass is 9.91. The highest BCUT2D eigenvalue weighted by Crippen LogP contribution is 2.29. The number of ketones is 1. The molecule has 1 fully saturated rings. The average Bonchev–Trinajstić information content (AvgIpc) is 2.74. The highest BCUT2D eigenvalue weighted by Gasteiger charge is 2.49. The second kappa shape index (κ2) is 12.0. The molecule has 0 bridgehead atoms. The molecule has 0 aromatic carbocycles. The van der Waals surface area contributed by atoms with Crippen molar-refractivity contribution in [2.45, 2.75) is 91.1 Å². The lowest BCUT2D eigenvalue weighted by Gasteiger charge is -2.38. The maximum absolute atomic E-state index is 13.1. The molecule has 0 saturated carbocycles. The van der Waals surface area contributed by atoms with Crippen LogP contribution in [-0.2, 0) is 19.1 Å². The van der Waals surface area contributed by atoms with Gasteiger partial charge in [0.2, 0.25) is 5.79 Å². The molecule has 0 radical (unpaired) electrons. The third-order valence-electron chi connectivity index (χ3n) is 5.75. The predicted octanol–water partition coefficient (Wildman–Crippen LogP) is 3.46. The van der Waals surface area contributed by atoms with Crippen molar-refractivity contribution in [3.05, 3.63) is 23.8 Å². The number of aliphatic hydroxyl groups is 1. The van der Waals surface area contributed by atoms with Crippen LogP contribution >= 0.6 is 0 Å². The number of ether oxygens (including phenoxy) is 1. The molecular formula is C23H37NO6. The van der Waals surface area contributed by atoms with Gasteiger partial charge in [0.05, 0.1) is 6.10 Å². The number of nitrogens with zero attached hydrogens (tertiary/aromatic N) is 1. The van der Waals surface area contributed by atoms with E-state index in [0.29, 0.717) is 32.1 Å². The van der Waals surface area contributed by atoms with E-state index in [9.17, 15) is 24.6 Å². The number of amides is 1. The van der Waals surface area contributed by atoms with Gasteiger partial charge in [0.15, 0.2) is 0 Å². The minimum absolute atomic E-state index is 0.183. The number of hydrogen-bond donors (Lipinski definition) is 2. The first-order chi connectivity index (χ1) is 14.1. The van der Waals surface area contributed by atoms with Crippen LogP contribution in [0.5, 0.6) is 0 Å².